The van der Waals surface area contributed by atoms with E-state index in [0.717, 1.165) is 12.0 Å². The van der Waals surface area contributed by atoms with Crippen molar-refractivity contribution in [3.8, 4) is 23.3 Å². The predicted octanol–water partition coefficient (Wildman–Crippen LogP) is 3.84. The minimum atomic E-state index is -4.24. The summed E-state index contributed by atoms with van der Waals surface area (Å²) in [6.07, 6.45) is 0.507. The fourth-order valence-electron chi connectivity index (χ4n) is 4.27. The largest absolute Gasteiger partial charge is 0.494 e. The standard InChI is InChI=1S/C31H37N5O8S/c1-21(2)19-36(45(39,40)26-10-11-28-29(16-26)43-20-42-28)44-31(38)35-27(22(3)37)15-23-5-8-25(9-6-23)41-14-4-13-33-30-12-7-24(17-32)18-34-30/h5-12,16,18,21-22,27,37H,4,13-15,19-20H2,1-3H3,(H,33,34)(H,35,38). The summed E-state index contributed by atoms with van der Waals surface area (Å²) in [5.74, 6) is 1.89. The van der Waals surface area contributed by atoms with E-state index in [1.165, 1.54) is 31.3 Å². The van der Waals surface area contributed by atoms with Crippen LogP contribution < -0.4 is 24.8 Å². The number of fused-ring (bicyclic) bond motifs is 1. The first-order valence-electron chi connectivity index (χ1n) is 14.5. The van der Waals surface area contributed by atoms with E-state index in [0.29, 0.717) is 40.5 Å². The van der Waals surface area contributed by atoms with Crippen LogP contribution >= 0.6 is 0 Å². The molecule has 13 nitrogen and oxygen atoms in total. The van der Waals surface area contributed by atoms with Crippen LogP contribution in [0.4, 0.5) is 10.6 Å². The van der Waals surface area contributed by atoms with E-state index in [2.05, 4.69) is 15.6 Å². The Bertz CT molecular complexity index is 1570. The molecule has 0 spiro atoms. The highest BCUT2D eigenvalue weighted by molar-refractivity contribution is 7.89. The lowest BCUT2D eigenvalue weighted by atomic mass is 10.0. The molecule has 0 bridgehead atoms. The summed E-state index contributed by atoms with van der Waals surface area (Å²) >= 11 is 0. The molecule has 4 rings (SSSR count). The Morgan fingerprint density at radius 2 is 1.87 bits per heavy atom. The van der Waals surface area contributed by atoms with Crippen LogP contribution in [0.15, 0.2) is 65.7 Å². The lowest BCUT2D eigenvalue weighted by Crippen LogP contribution is -2.47. The number of aliphatic hydroxyl groups is 1. The van der Waals surface area contributed by atoms with E-state index < -0.39 is 28.3 Å². The van der Waals surface area contributed by atoms with Gasteiger partial charge in [0.15, 0.2) is 11.5 Å². The molecular weight excluding hydrogens is 602 g/mol. The van der Waals surface area contributed by atoms with Crippen molar-refractivity contribution in [2.75, 3.05) is 31.8 Å². The summed E-state index contributed by atoms with van der Waals surface area (Å²) in [5.41, 5.74) is 1.31. The molecule has 2 heterocycles. The number of sulfonamides is 1. The number of nitrogens with one attached hydrogen (secondary N) is 2. The molecule has 45 heavy (non-hydrogen) atoms. The normalized spacial score (nSPS) is 13.6. The van der Waals surface area contributed by atoms with Crippen molar-refractivity contribution in [2.45, 2.75) is 50.7 Å². The number of ether oxygens (including phenoxy) is 3. The van der Waals surface area contributed by atoms with Gasteiger partial charge in [0.05, 0.1) is 35.8 Å². The van der Waals surface area contributed by atoms with Gasteiger partial charge in [0, 0.05) is 18.8 Å². The van der Waals surface area contributed by atoms with E-state index in [9.17, 15) is 18.3 Å². The van der Waals surface area contributed by atoms with E-state index >= 15 is 0 Å². The third-order valence-electron chi connectivity index (χ3n) is 6.66. The quantitative estimate of drug-likeness (QED) is 0.163. The number of hydroxylamine groups is 1. The number of aliphatic hydroxyl groups excluding tert-OH is 1. The lowest BCUT2D eigenvalue weighted by Gasteiger charge is -2.25. The molecule has 14 heteroatoms. The molecule has 2 unspecified atom stereocenters. The monoisotopic (exact) mass is 639 g/mol. The molecule has 1 aromatic heterocycles. The van der Waals surface area contributed by atoms with Gasteiger partial charge in [-0.15, -0.1) is 0 Å². The number of hydrogen-bond donors (Lipinski definition) is 3. The van der Waals surface area contributed by atoms with Gasteiger partial charge in [-0.1, -0.05) is 26.0 Å². The van der Waals surface area contributed by atoms with E-state index in [-0.39, 0.29) is 36.3 Å². The topological polar surface area (TPSA) is 172 Å². The maximum atomic E-state index is 13.4. The molecule has 240 valence electrons. The van der Waals surface area contributed by atoms with Crippen molar-refractivity contribution in [3.05, 3.63) is 71.9 Å². The molecule has 2 atom stereocenters. The molecule has 1 aliphatic heterocycles. The zero-order chi connectivity index (χ0) is 32.4. The molecule has 0 saturated heterocycles. The number of nitriles is 1. The molecular formula is C31H37N5O8S. The Balaban J connectivity index is 1.29. The van der Waals surface area contributed by atoms with Crippen LogP contribution in [0.2, 0.25) is 0 Å². The Morgan fingerprint density at radius 3 is 2.53 bits per heavy atom. The second-order valence-corrected chi connectivity index (χ2v) is 12.6. The van der Waals surface area contributed by atoms with Crippen LogP contribution in [-0.2, 0) is 21.3 Å². The van der Waals surface area contributed by atoms with Gasteiger partial charge in [-0.05, 0) is 72.1 Å². The van der Waals surface area contributed by atoms with Gasteiger partial charge in [-0.25, -0.2) is 18.2 Å². The van der Waals surface area contributed by atoms with Crippen LogP contribution in [-0.4, -0.2) is 67.7 Å². The highest BCUT2D eigenvalue weighted by Gasteiger charge is 2.32. The van der Waals surface area contributed by atoms with Gasteiger partial charge in [-0.3, -0.25) is 0 Å². The van der Waals surface area contributed by atoms with Gasteiger partial charge < -0.3 is 34.8 Å². The average Bonchev–Trinajstić information content (AvgIpc) is 3.49. The van der Waals surface area contributed by atoms with Crippen LogP contribution in [0.5, 0.6) is 17.2 Å². The molecule has 0 saturated carbocycles. The molecule has 1 amide bonds. The second kappa shape index (κ2) is 15.4. The molecule has 0 aliphatic carbocycles. The minimum absolute atomic E-state index is 0.0121. The third kappa shape index (κ3) is 9.45. The molecule has 3 N–H and O–H groups in total. The first-order valence-corrected chi connectivity index (χ1v) is 15.9. The van der Waals surface area contributed by atoms with Gasteiger partial charge in [0.25, 0.3) is 10.0 Å². The lowest BCUT2D eigenvalue weighted by molar-refractivity contribution is -0.0323. The fraction of sp³-hybridized carbons (Fsp3) is 0.387. The summed E-state index contributed by atoms with van der Waals surface area (Å²) in [7, 11) is -4.24. The first-order chi connectivity index (χ1) is 21.5. The zero-order valence-corrected chi connectivity index (χ0v) is 26.1. The number of pyridine rings is 1. The van der Waals surface area contributed by atoms with Crippen LogP contribution in [0.1, 0.15) is 38.3 Å². The van der Waals surface area contributed by atoms with Crippen LogP contribution in [0, 0.1) is 17.2 Å². The summed E-state index contributed by atoms with van der Waals surface area (Å²) in [6, 6.07) is 16.1. The number of benzene rings is 2. The number of amides is 1. The highest BCUT2D eigenvalue weighted by atomic mass is 32.2. The number of carbonyl (C=O) groups is 1. The number of nitrogens with zero attached hydrogens (tertiary/aromatic N) is 3. The van der Waals surface area contributed by atoms with Gasteiger partial charge in [0.2, 0.25) is 6.79 Å². The molecule has 0 fully saturated rings. The highest BCUT2D eigenvalue weighted by Crippen LogP contribution is 2.34. The summed E-state index contributed by atoms with van der Waals surface area (Å²) in [6.45, 7) is 6.12. The Hall–Kier alpha value is -4.58. The smallest absolute Gasteiger partial charge is 0.427 e. The Morgan fingerprint density at radius 1 is 1.11 bits per heavy atom. The number of aromatic nitrogens is 1. The van der Waals surface area contributed by atoms with E-state index in [1.807, 2.05) is 18.2 Å². The Labute approximate surface area is 262 Å². The SMILES string of the molecule is CC(C)CN(OC(=O)NC(Cc1ccc(OCCCNc2ccc(C#N)cn2)cc1)C(C)O)S(=O)(=O)c1ccc2c(c1)OCO2. The molecule has 0 radical (unpaired) electrons. The van der Waals surface area contributed by atoms with Crippen molar-refractivity contribution in [3.63, 3.8) is 0 Å². The second-order valence-electron chi connectivity index (χ2n) is 10.8. The van der Waals surface area contributed by atoms with Crippen molar-refractivity contribution in [1.29, 1.82) is 5.26 Å². The van der Waals surface area contributed by atoms with Crippen molar-refractivity contribution in [2.24, 2.45) is 5.92 Å². The maximum absolute atomic E-state index is 13.4. The van der Waals surface area contributed by atoms with E-state index in [4.69, 9.17) is 24.3 Å². The van der Waals surface area contributed by atoms with Crippen molar-refractivity contribution in [1.82, 2.24) is 14.8 Å². The fourth-order valence-corrected chi connectivity index (χ4v) is 5.66. The number of carbonyl (C=O) groups excluding carboxylic acids is 1. The number of anilines is 1. The zero-order valence-electron chi connectivity index (χ0n) is 25.3. The van der Waals surface area contributed by atoms with Crippen LogP contribution in [0.3, 0.4) is 0 Å². The molecule has 1 aliphatic rings. The molecule has 2 aromatic carbocycles. The number of rotatable bonds is 15. The summed E-state index contributed by atoms with van der Waals surface area (Å²) in [4.78, 5) is 22.3. The van der Waals surface area contributed by atoms with Gasteiger partial charge >= 0.3 is 6.09 Å². The number of hydrogen-bond acceptors (Lipinski definition) is 11. The third-order valence-corrected chi connectivity index (χ3v) is 8.27. The predicted molar refractivity (Wildman–Crippen MR) is 164 cm³/mol. The van der Waals surface area contributed by atoms with Crippen molar-refractivity contribution >= 4 is 21.9 Å². The first kappa shape index (κ1) is 33.3. The molecule has 3 aromatic rings. The maximum Gasteiger partial charge on any atom is 0.427 e. The van der Waals surface area contributed by atoms with Crippen molar-refractivity contribution < 1.29 is 37.4 Å². The minimum Gasteiger partial charge on any atom is -0.494 e. The van der Waals surface area contributed by atoms with E-state index in [1.54, 1.807) is 38.1 Å². The Kier molecular flexibility index (Phi) is 11.4. The summed E-state index contributed by atoms with van der Waals surface area (Å²) in [5, 5.41) is 25.0. The van der Waals surface area contributed by atoms with Gasteiger partial charge in [-0.2, -0.15) is 5.26 Å². The van der Waals surface area contributed by atoms with Crippen LogP contribution in [0.25, 0.3) is 0 Å². The van der Waals surface area contributed by atoms with Gasteiger partial charge in [0.1, 0.15) is 17.6 Å². The summed E-state index contributed by atoms with van der Waals surface area (Å²) < 4.78 is 43.8. The average molecular weight is 640 g/mol.